The zero-order valence-electron chi connectivity index (χ0n) is 20.0. The maximum absolute atomic E-state index is 13.1. The number of ether oxygens (including phenoxy) is 1. The van der Waals surface area contributed by atoms with Crippen molar-refractivity contribution in [1.82, 2.24) is 24.2 Å². The third-order valence-electron chi connectivity index (χ3n) is 6.06. The number of imidazole rings is 1. The lowest BCUT2D eigenvalue weighted by atomic mass is 10.1. The second kappa shape index (κ2) is 9.26. The largest absolute Gasteiger partial charge is 0.491 e. The minimum atomic E-state index is -4.65. The summed E-state index contributed by atoms with van der Waals surface area (Å²) in [6.45, 7) is 4.54. The molecule has 12 heteroatoms. The highest BCUT2D eigenvalue weighted by Gasteiger charge is 2.36. The van der Waals surface area contributed by atoms with Crippen molar-refractivity contribution in [3.8, 4) is 22.7 Å². The van der Waals surface area contributed by atoms with E-state index < -0.39 is 11.9 Å². The molecule has 37 heavy (non-hydrogen) atoms. The van der Waals surface area contributed by atoms with Crippen LogP contribution in [-0.4, -0.2) is 49.8 Å². The molecule has 9 nitrogen and oxygen atoms in total. The molecule has 0 fully saturated rings. The molecule has 0 bridgehead atoms. The fourth-order valence-electron chi connectivity index (χ4n) is 4.19. The Morgan fingerprint density at radius 2 is 1.89 bits per heavy atom. The number of rotatable bonds is 6. The lowest BCUT2D eigenvalue weighted by Crippen LogP contribution is -2.46. The van der Waals surface area contributed by atoms with E-state index in [9.17, 15) is 22.8 Å². The van der Waals surface area contributed by atoms with Crippen LogP contribution in [0.25, 0.3) is 16.9 Å². The number of alkyl halides is 3. The van der Waals surface area contributed by atoms with E-state index in [0.29, 0.717) is 30.1 Å². The molecule has 1 aromatic carbocycles. The number of halogens is 3. The quantitative estimate of drug-likeness (QED) is 0.389. The topological polar surface area (TPSA) is 95.4 Å². The van der Waals surface area contributed by atoms with Gasteiger partial charge in [0.1, 0.15) is 29.4 Å². The van der Waals surface area contributed by atoms with E-state index in [1.54, 1.807) is 59.2 Å². The summed E-state index contributed by atoms with van der Waals surface area (Å²) in [6.07, 6.45) is -1.36. The van der Waals surface area contributed by atoms with Crippen molar-refractivity contribution in [2.75, 3.05) is 19.7 Å². The summed E-state index contributed by atoms with van der Waals surface area (Å²) in [5, 5.41) is 3.55. The molecule has 0 saturated carbocycles. The van der Waals surface area contributed by atoms with Gasteiger partial charge in [-0.2, -0.15) is 13.2 Å². The van der Waals surface area contributed by atoms with Crippen LogP contribution in [0.1, 0.15) is 27.5 Å². The molecule has 4 aromatic rings. The SMILES string of the molecule is Cc1ccc(OCCN2CCn3c(ccc(-n4cnc(C)c4)c3=O)C2=O)c(-c2cc(C(F)(F)F)on2)c1. The Balaban J connectivity index is 1.30. The number of pyridine rings is 1. The summed E-state index contributed by atoms with van der Waals surface area (Å²) in [5.41, 5.74) is 2.32. The Kier molecular flexibility index (Phi) is 6.10. The number of fused-ring (bicyclic) bond motifs is 1. The highest BCUT2D eigenvalue weighted by Crippen LogP contribution is 2.35. The van der Waals surface area contributed by atoms with Gasteiger partial charge >= 0.3 is 6.18 Å². The summed E-state index contributed by atoms with van der Waals surface area (Å²) < 4.78 is 52.2. The van der Waals surface area contributed by atoms with Crippen LogP contribution >= 0.6 is 0 Å². The van der Waals surface area contributed by atoms with Crippen molar-refractivity contribution in [2.45, 2.75) is 26.6 Å². The maximum Gasteiger partial charge on any atom is 0.452 e. The predicted molar refractivity (Wildman–Crippen MR) is 126 cm³/mol. The van der Waals surface area contributed by atoms with Gasteiger partial charge < -0.3 is 23.3 Å². The molecule has 5 rings (SSSR count). The number of nitrogens with zero attached hydrogens (tertiary/aromatic N) is 5. The van der Waals surface area contributed by atoms with Crippen LogP contribution in [0.5, 0.6) is 5.75 Å². The van der Waals surface area contributed by atoms with Gasteiger partial charge in [0.2, 0.25) is 5.76 Å². The van der Waals surface area contributed by atoms with Gasteiger partial charge in [-0.3, -0.25) is 9.59 Å². The maximum atomic E-state index is 13.1. The van der Waals surface area contributed by atoms with Crippen molar-refractivity contribution in [3.05, 3.63) is 82.0 Å². The summed E-state index contributed by atoms with van der Waals surface area (Å²) in [4.78, 5) is 31.7. The van der Waals surface area contributed by atoms with Crippen molar-refractivity contribution in [3.63, 3.8) is 0 Å². The average molecular weight is 513 g/mol. The normalized spacial score (nSPS) is 13.6. The number of aryl methyl sites for hydroxylation is 2. The molecule has 1 aliphatic heterocycles. The molecule has 3 aromatic heterocycles. The Morgan fingerprint density at radius 3 is 2.59 bits per heavy atom. The van der Waals surface area contributed by atoms with Crippen LogP contribution in [-0.2, 0) is 12.7 Å². The molecule has 0 unspecified atom stereocenters. The summed E-state index contributed by atoms with van der Waals surface area (Å²) in [7, 11) is 0. The zero-order chi connectivity index (χ0) is 26.3. The number of amides is 1. The standard InChI is InChI=1S/C25H22F3N5O4/c1-15-3-6-21(17(11-15)18-12-22(37-30-18)25(26,27)28)36-10-9-31-7-8-33-20(23(31)34)5-4-19(24(33)35)32-13-16(2)29-14-32/h3-6,11-14H,7-10H2,1-2H3. The van der Waals surface area contributed by atoms with Gasteiger partial charge in [0.05, 0.1) is 18.6 Å². The van der Waals surface area contributed by atoms with E-state index in [1.165, 1.54) is 4.57 Å². The molecule has 0 spiro atoms. The highest BCUT2D eigenvalue weighted by atomic mass is 19.4. The van der Waals surface area contributed by atoms with Crippen molar-refractivity contribution in [2.24, 2.45) is 0 Å². The molecular weight excluding hydrogens is 491 g/mol. The fourth-order valence-corrected chi connectivity index (χ4v) is 4.19. The van der Waals surface area contributed by atoms with Gasteiger partial charge in [-0.15, -0.1) is 0 Å². The van der Waals surface area contributed by atoms with E-state index in [2.05, 4.69) is 14.7 Å². The van der Waals surface area contributed by atoms with Crippen LogP contribution < -0.4 is 10.3 Å². The van der Waals surface area contributed by atoms with E-state index >= 15 is 0 Å². The van der Waals surface area contributed by atoms with Crippen molar-refractivity contribution in [1.29, 1.82) is 0 Å². The molecule has 0 saturated heterocycles. The Hall–Kier alpha value is -4.35. The minimum Gasteiger partial charge on any atom is -0.491 e. The van der Waals surface area contributed by atoms with E-state index in [1.807, 2.05) is 6.92 Å². The van der Waals surface area contributed by atoms with Gasteiger partial charge in [0.25, 0.3) is 11.5 Å². The number of hydrogen-bond acceptors (Lipinski definition) is 6. The third-order valence-corrected chi connectivity index (χ3v) is 6.06. The first kappa shape index (κ1) is 24.3. The minimum absolute atomic E-state index is 0.00253. The van der Waals surface area contributed by atoms with Gasteiger partial charge in [-0.25, -0.2) is 4.98 Å². The second-order valence-electron chi connectivity index (χ2n) is 8.70. The summed E-state index contributed by atoms with van der Waals surface area (Å²) >= 11 is 0. The van der Waals surface area contributed by atoms with E-state index in [0.717, 1.165) is 17.3 Å². The summed E-state index contributed by atoms with van der Waals surface area (Å²) in [6, 6.07) is 9.09. The van der Waals surface area contributed by atoms with Gasteiger partial charge in [-0.05, 0) is 38.1 Å². The number of carbonyl (C=O) groups excluding carboxylic acids is 1. The molecule has 0 aliphatic carbocycles. The van der Waals surface area contributed by atoms with Crippen LogP contribution in [0.4, 0.5) is 13.2 Å². The van der Waals surface area contributed by atoms with Crippen LogP contribution in [0.3, 0.4) is 0 Å². The molecule has 0 N–H and O–H groups in total. The Morgan fingerprint density at radius 1 is 1.08 bits per heavy atom. The third kappa shape index (κ3) is 4.74. The van der Waals surface area contributed by atoms with Crippen LogP contribution in [0, 0.1) is 13.8 Å². The molecule has 0 radical (unpaired) electrons. The average Bonchev–Trinajstić information content (AvgIpc) is 3.51. The van der Waals surface area contributed by atoms with Crippen molar-refractivity contribution < 1.29 is 27.2 Å². The van der Waals surface area contributed by atoms with Gasteiger partial charge in [0.15, 0.2) is 0 Å². The lowest BCUT2D eigenvalue weighted by molar-refractivity contribution is -0.155. The first-order chi connectivity index (χ1) is 17.6. The Labute approximate surface area is 208 Å². The van der Waals surface area contributed by atoms with Gasteiger partial charge in [-0.1, -0.05) is 16.8 Å². The molecule has 1 aliphatic rings. The second-order valence-corrected chi connectivity index (χ2v) is 8.70. The molecular formula is C25H22F3N5O4. The predicted octanol–water partition coefficient (Wildman–Crippen LogP) is 3.86. The van der Waals surface area contributed by atoms with Crippen molar-refractivity contribution >= 4 is 5.91 Å². The van der Waals surface area contributed by atoms with Crippen LogP contribution in [0.2, 0.25) is 0 Å². The highest BCUT2D eigenvalue weighted by molar-refractivity contribution is 5.93. The lowest BCUT2D eigenvalue weighted by Gasteiger charge is -2.29. The molecule has 1 amide bonds. The summed E-state index contributed by atoms with van der Waals surface area (Å²) in [5.74, 6) is -1.20. The number of aromatic nitrogens is 4. The van der Waals surface area contributed by atoms with E-state index in [-0.39, 0.29) is 36.0 Å². The first-order valence-electron chi connectivity index (χ1n) is 11.4. The monoisotopic (exact) mass is 513 g/mol. The molecule has 4 heterocycles. The van der Waals surface area contributed by atoms with E-state index in [4.69, 9.17) is 4.74 Å². The fraction of sp³-hybridized carbons (Fsp3) is 0.280. The first-order valence-corrected chi connectivity index (χ1v) is 11.4. The number of hydrogen-bond donors (Lipinski definition) is 0. The van der Waals surface area contributed by atoms with Gasteiger partial charge in [0, 0.05) is 30.9 Å². The molecule has 0 atom stereocenters. The zero-order valence-corrected chi connectivity index (χ0v) is 20.0. The Bertz CT molecular complexity index is 1540. The molecule has 192 valence electrons. The number of benzene rings is 1. The smallest absolute Gasteiger partial charge is 0.452 e. The number of carbonyl (C=O) groups is 1. The van der Waals surface area contributed by atoms with Crippen LogP contribution in [0.15, 0.2) is 58.2 Å².